The number of carbonyl (C=O) groups is 1. The van der Waals surface area contributed by atoms with E-state index < -0.39 is 0 Å². The number of ether oxygens (including phenoxy) is 3. The predicted octanol–water partition coefficient (Wildman–Crippen LogP) is 4.44. The summed E-state index contributed by atoms with van der Waals surface area (Å²) in [5.74, 6) is 2.21. The molecule has 0 aliphatic heterocycles. The first-order valence-electron chi connectivity index (χ1n) is 8.83. The third-order valence-electron chi connectivity index (χ3n) is 5.28. The van der Waals surface area contributed by atoms with E-state index in [2.05, 4.69) is 13.8 Å². The van der Waals surface area contributed by atoms with Crippen LogP contribution in [0, 0.1) is 5.92 Å². The molecular formula is C22H26O4. The Morgan fingerprint density at radius 1 is 0.962 bits per heavy atom. The maximum absolute atomic E-state index is 13.3. The number of hydrogen-bond donors (Lipinski definition) is 0. The summed E-state index contributed by atoms with van der Waals surface area (Å²) in [7, 11) is 4.88. The fourth-order valence-corrected chi connectivity index (χ4v) is 3.89. The molecule has 1 aliphatic rings. The third kappa shape index (κ3) is 3.28. The molecule has 4 nitrogen and oxygen atoms in total. The van der Waals surface area contributed by atoms with Gasteiger partial charge in [-0.3, -0.25) is 4.79 Å². The molecule has 0 fully saturated rings. The van der Waals surface area contributed by atoms with Gasteiger partial charge in [0.1, 0.15) is 17.2 Å². The van der Waals surface area contributed by atoms with Crippen molar-refractivity contribution in [1.82, 2.24) is 0 Å². The molecule has 1 aliphatic carbocycles. The fourth-order valence-electron chi connectivity index (χ4n) is 3.89. The highest BCUT2D eigenvalue weighted by molar-refractivity contribution is 6.03. The minimum absolute atomic E-state index is 0.0758. The molecule has 26 heavy (non-hydrogen) atoms. The van der Waals surface area contributed by atoms with E-state index in [1.807, 2.05) is 30.3 Å². The zero-order valence-electron chi connectivity index (χ0n) is 16.1. The Kier molecular flexibility index (Phi) is 4.94. The van der Waals surface area contributed by atoms with Gasteiger partial charge in [0.2, 0.25) is 0 Å². The van der Waals surface area contributed by atoms with Gasteiger partial charge in [0.05, 0.1) is 26.9 Å². The van der Waals surface area contributed by atoms with Crippen molar-refractivity contribution >= 4 is 5.78 Å². The summed E-state index contributed by atoms with van der Waals surface area (Å²) in [4.78, 5) is 13.3. The lowest BCUT2D eigenvalue weighted by atomic mass is 9.66. The Labute approximate surface area is 155 Å². The van der Waals surface area contributed by atoms with Crippen molar-refractivity contribution in [3.8, 4) is 17.2 Å². The molecule has 1 unspecified atom stereocenters. The van der Waals surface area contributed by atoms with Crippen LogP contribution in [0.5, 0.6) is 17.2 Å². The highest BCUT2D eigenvalue weighted by Gasteiger charge is 2.40. The molecule has 138 valence electrons. The molecule has 0 bridgehead atoms. The zero-order chi connectivity index (χ0) is 18.9. The van der Waals surface area contributed by atoms with Gasteiger partial charge in [-0.25, -0.2) is 0 Å². The maximum atomic E-state index is 13.3. The smallest absolute Gasteiger partial charge is 0.170 e. The van der Waals surface area contributed by atoms with Crippen LogP contribution in [0.2, 0.25) is 0 Å². The standard InChI is InChI=1S/C22H26O4/c1-22(2)13-15(10-14-6-8-16(24-3)9-7-14)21(23)20-18(22)11-17(25-4)12-19(20)26-5/h6-9,11-12,15H,10,13H2,1-5H3. The number of ketones is 1. The van der Waals surface area contributed by atoms with Crippen LogP contribution in [0.3, 0.4) is 0 Å². The second-order valence-electron chi connectivity index (χ2n) is 7.45. The minimum atomic E-state index is -0.137. The second kappa shape index (κ2) is 7.02. The Hall–Kier alpha value is -2.49. The molecule has 0 radical (unpaired) electrons. The van der Waals surface area contributed by atoms with Gasteiger partial charge in [0.15, 0.2) is 5.78 Å². The summed E-state index contributed by atoms with van der Waals surface area (Å²) in [6, 6.07) is 11.7. The topological polar surface area (TPSA) is 44.8 Å². The van der Waals surface area contributed by atoms with Crippen molar-refractivity contribution < 1.29 is 19.0 Å². The van der Waals surface area contributed by atoms with Crippen LogP contribution in [-0.2, 0) is 11.8 Å². The molecule has 0 amide bonds. The highest BCUT2D eigenvalue weighted by atomic mass is 16.5. The molecule has 0 saturated carbocycles. The van der Waals surface area contributed by atoms with Gasteiger partial charge in [-0.05, 0) is 47.6 Å². The van der Waals surface area contributed by atoms with Crippen LogP contribution in [0.4, 0.5) is 0 Å². The largest absolute Gasteiger partial charge is 0.497 e. The third-order valence-corrected chi connectivity index (χ3v) is 5.28. The average Bonchev–Trinajstić information content (AvgIpc) is 2.65. The summed E-state index contributed by atoms with van der Waals surface area (Å²) >= 11 is 0. The van der Waals surface area contributed by atoms with Gasteiger partial charge < -0.3 is 14.2 Å². The minimum Gasteiger partial charge on any atom is -0.497 e. The van der Waals surface area contributed by atoms with Crippen molar-refractivity contribution in [3.63, 3.8) is 0 Å². The van der Waals surface area contributed by atoms with Crippen LogP contribution >= 0.6 is 0 Å². The average molecular weight is 354 g/mol. The van der Waals surface area contributed by atoms with Crippen molar-refractivity contribution in [1.29, 1.82) is 0 Å². The summed E-state index contributed by atoms with van der Waals surface area (Å²) in [6.07, 6.45) is 1.50. The van der Waals surface area contributed by atoms with Crippen LogP contribution in [0.1, 0.15) is 41.8 Å². The summed E-state index contributed by atoms with van der Waals surface area (Å²) in [5, 5.41) is 0. The van der Waals surface area contributed by atoms with E-state index in [0.29, 0.717) is 17.7 Å². The lowest BCUT2D eigenvalue weighted by Crippen LogP contribution is -2.35. The summed E-state index contributed by atoms with van der Waals surface area (Å²) in [6.45, 7) is 4.36. The van der Waals surface area contributed by atoms with Crippen molar-refractivity contribution in [2.75, 3.05) is 21.3 Å². The number of fused-ring (bicyclic) bond motifs is 1. The second-order valence-corrected chi connectivity index (χ2v) is 7.45. The lowest BCUT2D eigenvalue weighted by Gasteiger charge is -2.37. The number of benzene rings is 2. The number of carbonyl (C=O) groups excluding carboxylic acids is 1. The van der Waals surface area contributed by atoms with Gasteiger partial charge in [-0.1, -0.05) is 26.0 Å². The first kappa shape index (κ1) is 18.3. The normalized spacial score (nSPS) is 18.2. The lowest BCUT2D eigenvalue weighted by molar-refractivity contribution is 0.0869. The number of Topliss-reactive ketones (excluding diaryl/α,β-unsaturated/α-hetero) is 1. The van der Waals surface area contributed by atoms with E-state index >= 15 is 0 Å². The van der Waals surface area contributed by atoms with Crippen molar-refractivity contribution in [2.24, 2.45) is 5.92 Å². The van der Waals surface area contributed by atoms with E-state index in [9.17, 15) is 4.79 Å². The van der Waals surface area contributed by atoms with Gasteiger partial charge in [0.25, 0.3) is 0 Å². The van der Waals surface area contributed by atoms with Crippen LogP contribution in [0.15, 0.2) is 36.4 Å². The van der Waals surface area contributed by atoms with Gasteiger partial charge >= 0.3 is 0 Å². The number of methoxy groups -OCH3 is 3. The molecule has 2 aromatic carbocycles. The van der Waals surface area contributed by atoms with Gasteiger partial charge in [0, 0.05) is 12.0 Å². The molecule has 0 heterocycles. The van der Waals surface area contributed by atoms with Crippen LogP contribution in [0.25, 0.3) is 0 Å². The molecule has 0 N–H and O–H groups in total. The van der Waals surface area contributed by atoms with Crippen LogP contribution in [-0.4, -0.2) is 27.1 Å². The Morgan fingerprint density at radius 3 is 2.19 bits per heavy atom. The molecule has 0 spiro atoms. The summed E-state index contributed by atoms with van der Waals surface area (Å²) < 4.78 is 16.1. The first-order valence-corrected chi connectivity index (χ1v) is 8.83. The molecule has 3 rings (SSSR count). The Bertz CT molecular complexity index is 806. The van der Waals surface area contributed by atoms with E-state index in [1.54, 1.807) is 27.4 Å². The SMILES string of the molecule is COc1ccc(CC2CC(C)(C)c3cc(OC)cc(OC)c3C2=O)cc1. The first-order chi connectivity index (χ1) is 12.4. The number of hydrogen-bond acceptors (Lipinski definition) is 4. The molecule has 2 aromatic rings. The van der Waals surface area contributed by atoms with E-state index in [1.165, 1.54) is 0 Å². The Morgan fingerprint density at radius 2 is 1.62 bits per heavy atom. The molecular weight excluding hydrogens is 328 g/mol. The number of rotatable bonds is 5. The summed E-state index contributed by atoms with van der Waals surface area (Å²) in [5.41, 5.74) is 2.70. The molecule has 4 heteroatoms. The quantitative estimate of drug-likeness (QED) is 0.796. The van der Waals surface area contributed by atoms with E-state index in [-0.39, 0.29) is 17.1 Å². The van der Waals surface area contributed by atoms with Crippen LogP contribution < -0.4 is 14.2 Å². The van der Waals surface area contributed by atoms with Crippen molar-refractivity contribution in [3.05, 3.63) is 53.1 Å². The zero-order valence-corrected chi connectivity index (χ0v) is 16.1. The van der Waals surface area contributed by atoms with E-state index in [0.717, 1.165) is 29.0 Å². The van der Waals surface area contributed by atoms with E-state index in [4.69, 9.17) is 14.2 Å². The van der Waals surface area contributed by atoms with Gasteiger partial charge in [-0.15, -0.1) is 0 Å². The molecule has 0 saturated heterocycles. The molecule has 0 aromatic heterocycles. The molecule has 1 atom stereocenters. The monoisotopic (exact) mass is 354 g/mol. The van der Waals surface area contributed by atoms with Crippen molar-refractivity contribution in [2.45, 2.75) is 32.1 Å². The maximum Gasteiger partial charge on any atom is 0.170 e. The fraction of sp³-hybridized carbons (Fsp3) is 0.409. The Balaban J connectivity index is 1.98. The van der Waals surface area contributed by atoms with Gasteiger partial charge in [-0.2, -0.15) is 0 Å². The highest BCUT2D eigenvalue weighted by Crippen LogP contribution is 2.45. The predicted molar refractivity (Wildman–Crippen MR) is 102 cm³/mol.